The van der Waals surface area contributed by atoms with Crippen LogP contribution in [0.5, 0.6) is 0 Å². The zero-order valence-electron chi connectivity index (χ0n) is 12.5. The Morgan fingerprint density at radius 1 is 1.27 bits per heavy atom. The van der Waals surface area contributed by atoms with Gasteiger partial charge in [0.25, 0.3) is 0 Å². The van der Waals surface area contributed by atoms with Gasteiger partial charge in [0.1, 0.15) is 6.61 Å². The highest BCUT2D eigenvalue weighted by Crippen LogP contribution is 2.66. The van der Waals surface area contributed by atoms with Crippen LogP contribution in [0.3, 0.4) is 0 Å². The predicted octanol–water partition coefficient (Wildman–Crippen LogP) is 2.13. The van der Waals surface area contributed by atoms with Crippen molar-refractivity contribution in [3.63, 3.8) is 0 Å². The lowest BCUT2D eigenvalue weighted by atomic mass is 9.56. The molecular formula is C17H21NO4. The highest BCUT2D eigenvalue weighted by molar-refractivity contribution is 5.69. The van der Waals surface area contributed by atoms with E-state index < -0.39 is 11.7 Å². The maximum Gasteiger partial charge on any atom is 0.408 e. The summed E-state index contributed by atoms with van der Waals surface area (Å²) in [6.07, 6.45) is 4.01. The Labute approximate surface area is 129 Å². The van der Waals surface area contributed by atoms with Crippen molar-refractivity contribution in [1.29, 1.82) is 0 Å². The number of aliphatic hydroxyl groups is 1. The summed E-state index contributed by atoms with van der Waals surface area (Å²) < 4.78 is 11.5. The maximum atomic E-state index is 12.2. The third-order valence-electron chi connectivity index (χ3n) is 5.54. The van der Waals surface area contributed by atoms with Crippen molar-refractivity contribution >= 4 is 6.09 Å². The minimum Gasteiger partial charge on any atom is -0.445 e. The molecule has 0 unspecified atom stereocenters. The standard InChI is InChI=1S/C17H21NO4/c19-12-15-10-16(11-15,17(22-15)7-4-8-17)18-14(20)21-9-13-5-2-1-3-6-13/h1-3,5-6,19H,4,7-12H2,(H,18,20). The smallest absolute Gasteiger partial charge is 0.408 e. The number of nitrogens with one attached hydrogen (secondary N) is 1. The molecule has 2 saturated heterocycles. The molecular weight excluding hydrogens is 282 g/mol. The first-order valence-corrected chi connectivity index (χ1v) is 7.91. The van der Waals surface area contributed by atoms with Gasteiger partial charge in [0.2, 0.25) is 0 Å². The number of hydrogen-bond donors (Lipinski definition) is 2. The molecule has 2 aliphatic heterocycles. The highest BCUT2D eigenvalue weighted by atomic mass is 16.6. The number of rotatable bonds is 4. The van der Waals surface area contributed by atoms with E-state index in [9.17, 15) is 9.90 Å². The van der Waals surface area contributed by atoms with Crippen molar-refractivity contribution in [3.8, 4) is 0 Å². The van der Waals surface area contributed by atoms with Gasteiger partial charge in [-0.25, -0.2) is 4.79 Å². The minimum atomic E-state index is -0.437. The number of ether oxygens (including phenoxy) is 2. The van der Waals surface area contributed by atoms with Gasteiger partial charge in [0.05, 0.1) is 23.3 Å². The van der Waals surface area contributed by atoms with Gasteiger partial charge in [0, 0.05) is 12.8 Å². The highest BCUT2D eigenvalue weighted by Gasteiger charge is 2.76. The second-order valence-corrected chi connectivity index (χ2v) is 6.91. The van der Waals surface area contributed by atoms with Crippen molar-refractivity contribution < 1.29 is 19.4 Å². The molecule has 4 aliphatic rings. The topological polar surface area (TPSA) is 67.8 Å². The van der Waals surface area contributed by atoms with E-state index in [1.165, 1.54) is 0 Å². The number of benzene rings is 1. The van der Waals surface area contributed by atoms with Gasteiger partial charge in [-0.1, -0.05) is 30.3 Å². The molecule has 2 saturated carbocycles. The summed E-state index contributed by atoms with van der Waals surface area (Å²) in [5, 5.41) is 12.6. The fourth-order valence-electron chi connectivity index (χ4n) is 4.33. The van der Waals surface area contributed by atoms with Crippen LogP contribution >= 0.6 is 0 Å². The number of carbonyl (C=O) groups is 1. The molecule has 5 rings (SSSR count). The summed E-state index contributed by atoms with van der Waals surface area (Å²) in [6, 6.07) is 9.63. The molecule has 22 heavy (non-hydrogen) atoms. The fourth-order valence-corrected chi connectivity index (χ4v) is 4.33. The molecule has 0 radical (unpaired) electrons. The van der Waals surface area contributed by atoms with E-state index in [0.717, 1.165) is 24.8 Å². The molecule has 2 bridgehead atoms. The van der Waals surface area contributed by atoms with Crippen molar-refractivity contribution in [2.24, 2.45) is 0 Å². The van der Waals surface area contributed by atoms with Gasteiger partial charge in [-0.05, 0) is 24.8 Å². The van der Waals surface area contributed by atoms with Crippen LogP contribution in [0.4, 0.5) is 4.79 Å². The average Bonchev–Trinajstić information content (AvgIpc) is 2.92. The Bertz CT molecular complexity index is 576. The van der Waals surface area contributed by atoms with Crippen molar-refractivity contribution in [3.05, 3.63) is 35.9 Å². The van der Waals surface area contributed by atoms with E-state index >= 15 is 0 Å². The second kappa shape index (κ2) is 4.70. The number of alkyl carbamates (subject to hydrolysis) is 1. The number of carbonyl (C=O) groups excluding carboxylic acids is 1. The summed E-state index contributed by atoms with van der Waals surface area (Å²) in [5.41, 5.74) is -0.0920. The first kappa shape index (κ1) is 14.0. The van der Waals surface area contributed by atoms with Gasteiger partial charge in [-0.2, -0.15) is 0 Å². The molecule has 1 aromatic carbocycles. The van der Waals surface area contributed by atoms with E-state index in [4.69, 9.17) is 9.47 Å². The summed E-state index contributed by atoms with van der Waals surface area (Å²) in [5.74, 6) is 0. The molecule has 1 amide bonds. The third-order valence-corrected chi connectivity index (χ3v) is 5.54. The number of amides is 1. The van der Waals surface area contributed by atoms with E-state index in [1.54, 1.807) is 0 Å². The van der Waals surface area contributed by atoms with Crippen LogP contribution in [0.1, 0.15) is 37.7 Å². The maximum absolute atomic E-state index is 12.2. The molecule has 0 atom stereocenters. The summed E-state index contributed by atoms with van der Waals surface area (Å²) >= 11 is 0. The fraction of sp³-hybridized carbons (Fsp3) is 0.588. The minimum absolute atomic E-state index is 0.0250. The Kier molecular flexibility index (Phi) is 3.00. The van der Waals surface area contributed by atoms with Crippen molar-refractivity contribution in [2.45, 2.75) is 55.5 Å². The van der Waals surface area contributed by atoms with Crippen LogP contribution in [0.25, 0.3) is 0 Å². The van der Waals surface area contributed by atoms with E-state index in [0.29, 0.717) is 12.8 Å². The number of aliphatic hydroxyl groups excluding tert-OH is 1. The first-order chi connectivity index (χ1) is 10.6. The molecule has 4 fully saturated rings. The molecule has 0 aromatic heterocycles. The Hall–Kier alpha value is -1.59. The third kappa shape index (κ3) is 1.88. The van der Waals surface area contributed by atoms with Crippen molar-refractivity contribution in [2.75, 3.05) is 6.61 Å². The predicted molar refractivity (Wildman–Crippen MR) is 79.2 cm³/mol. The van der Waals surface area contributed by atoms with Crippen LogP contribution < -0.4 is 5.32 Å². The molecule has 2 heterocycles. The largest absolute Gasteiger partial charge is 0.445 e. The van der Waals surface area contributed by atoms with E-state index in [1.807, 2.05) is 30.3 Å². The SMILES string of the molecule is O=C(NC12CC(CO)(C1)OC21CCC1)OCc1ccccc1. The average molecular weight is 303 g/mol. The molecule has 5 heteroatoms. The number of hydrogen-bond acceptors (Lipinski definition) is 4. The molecule has 1 spiro atoms. The quantitative estimate of drug-likeness (QED) is 0.894. The second-order valence-electron chi connectivity index (χ2n) is 6.91. The van der Waals surface area contributed by atoms with Crippen LogP contribution in [0, 0.1) is 0 Å². The zero-order chi connectivity index (χ0) is 15.3. The summed E-state index contributed by atoms with van der Waals surface area (Å²) in [6.45, 7) is 0.291. The van der Waals surface area contributed by atoms with Crippen LogP contribution in [-0.4, -0.2) is 34.5 Å². The van der Waals surface area contributed by atoms with E-state index in [2.05, 4.69) is 5.32 Å². The van der Waals surface area contributed by atoms with Gasteiger partial charge < -0.3 is 19.9 Å². The van der Waals surface area contributed by atoms with Gasteiger partial charge in [-0.15, -0.1) is 0 Å². The monoisotopic (exact) mass is 303 g/mol. The van der Waals surface area contributed by atoms with Gasteiger partial charge in [0.15, 0.2) is 0 Å². The lowest BCUT2D eigenvalue weighted by molar-refractivity contribution is -0.126. The Morgan fingerprint density at radius 3 is 2.59 bits per heavy atom. The Morgan fingerprint density at radius 2 is 2.00 bits per heavy atom. The lowest BCUT2D eigenvalue weighted by Gasteiger charge is -2.51. The Balaban J connectivity index is 1.40. The molecule has 118 valence electrons. The van der Waals surface area contributed by atoms with E-state index in [-0.39, 0.29) is 24.4 Å². The zero-order valence-corrected chi connectivity index (χ0v) is 12.5. The normalized spacial score (nSPS) is 33.9. The van der Waals surface area contributed by atoms with Crippen molar-refractivity contribution in [1.82, 2.24) is 5.32 Å². The summed E-state index contributed by atoms with van der Waals surface area (Å²) in [7, 11) is 0. The molecule has 5 nitrogen and oxygen atoms in total. The van der Waals surface area contributed by atoms with Crippen LogP contribution in [-0.2, 0) is 16.1 Å². The first-order valence-electron chi connectivity index (χ1n) is 7.91. The van der Waals surface area contributed by atoms with Gasteiger partial charge in [-0.3, -0.25) is 0 Å². The van der Waals surface area contributed by atoms with Gasteiger partial charge >= 0.3 is 6.09 Å². The van der Waals surface area contributed by atoms with Crippen LogP contribution in [0.15, 0.2) is 30.3 Å². The summed E-state index contributed by atoms with van der Waals surface area (Å²) in [4.78, 5) is 12.2. The molecule has 2 aliphatic carbocycles. The van der Waals surface area contributed by atoms with Crippen LogP contribution in [0.2, 0.25) is 0 Å². The molecule has 2 N–H and O–H groups in total. The molecule has 1 aromatic rings. The lowest BCUT2D eigenvalue weighted by Crippen LogP contribution is -2.68.